The van der Waals surface area contributed by atoms with Crippen LogP contribution >= 0.6 is 11.8 Å². The molecule has 4 aromatic rings. The van der Waals surface area contributed by atoms with Crippen LogP contribution in [0.25, 0.3) is 11.6 Å². The van der Waals surface area contributed by atoms with Crippen molar-refractivity contribution in [3.8, 4) is 17.3 Å². The summed E-state index contributed by atoms with van der Waals surface area (Å²) < 4.78 is 17.3. The number of hydrogen-bond acceptors (Lipinski definition) is 8. The minimum absolute atomic E-state index is 0.145. The largest absolute Gasteiger partial charge is 0.482 e. The molecule has 0 radical (unpaired) electrons. The molecule has 0 aliphatic rings. The second kappa shape index (κ2) is 11.2. The lowest BCUT2D eigenvalue weighted by atomic mass is 10.2. The number of aromatic nitrogens is 3. The molecule has 2 aromatic carbocycles. The third-order valence-corrected chi connectivity index (χ3v) is 5.66. The first-order valence-corrected chi connectivity index (χ1v) is 11.3. The molecule has 0 saturated carbocycles. The zero-order valence-corrected chi connectivity index (χ0v) is 19.2. The molecule has 2 heterocycles. The van der Waals surface area contributed by atoms with Crippen LogP contribution in [0.4, 0.5) is 5.69 Å². The van der Waals surface area contributed by atoms with E-state index in [1.165, 1.54) is 18.9 Å². The monoisotopic (exact) mass is 478 g/mol. The zero-order valence-electron chi connectivity index (χ0n) is 18.3. The number of methoxy groups -OCH3 is 1. The first kappa shape index (κ1) is 23.1. The van der Waals surface area contributed by atoms with Crippen LogP contribution in [0.5, 0.6) is 5.75 Å². The van der Waals surface area contributed by atoms with Crippen molar-refractivity contribution in [1.29, 1.82) is 0 Å². The predicted molar refractivity (Wildman–Crippen MR) is 127 cm³/mol. The summed E-state index contributed by atoms with van der Waals surface area (Å²) >= 11 is 1.29. The number of anilines is 1. The van der Waals surface area contributed by atoms with Gasteiger partial charge in [-0.25, -0.2) is 4.79 Å². The van der Waals surface area contributed by atoms with Crippen molar-refractivity contribution < 1.29 is 23.5 Å². The van der Waals surface area contributed by atoms with Crippen molar-refractivity contribution in [3.63, 3.8) is 0 Å². The number of amides is 1. The van der Waals surface area contributed by atoms with Crippen LogP contribution in [0.1, 0.15) is 5.56 Å². The molecule has 1 amide bonds. The molecule has 174 valence electrons. The summed E-state index contributed by atoms with van der Waals surface area (Å²) in [7, 11) is 1.30. The number of thioether (sulfide) groups is 1. The molecule has 34 heavy (non-hydrogen) atoms. The van der Waals surface area contributed by atoms with Gasteiger partial charge in [0.15, 0.2) is 17.5 Å². The summed E-state index contributed by atoms with van der Waals surface area (Å²) in [5.74, 6) is 1.18. The second-order valence-electron chi connectivity index (χ2n) is 7.08. The zero-order chi connectivity index (χ0) is 23.8. The Kier molecular flexibility index (Phi) is 7.61. The molecule has 0 atom stereocenters. The Balaban J connectivity index is 1.39. The minimum atomic E-state index is -0.468. The fraction of sp³-hybridized carbons (Fsp3) is 0.167. The van der Waals surface area contributed by atoms with Gasteiger partial charge in [-0.3, -0.25) is 9.36 Å². The number of hydrogen-bond donors (Lipinski definition) is 1. The van der Waals surface area contributed by atoms with Gasteiger partial charge < -0.3 is 19.2 Å². The van der Waals surface area contributed by atoms with Gasteiger partial charge in [0.2, 0.25) is 11.7 Å². The smallest absolute Gasteiger partial charge is 0.343 e. The van der Waals surface area contributed by atoms with E-state index in [4.69, 9.17) is 9.15 Å². The molecule has 1 N–H and O–H groups in total. The lowest BCUT2D eigenvalue weighted by molar-refractivity contribution is -0.142. The van der Waals surface area contributed by atoms with E-state index in [1.807, 2.05) is 41.0 Å². The first-order chi connectivity index (χ1) is 16.6. The van der Waals surface area contributed by atoms with Gasteiger partial charge in [-0.05, 0) is 42.0 Å². The number of nitrogens with one attached hydrogen (secondary N) is 1. The van der Waals surface area contributed by atoms with Crippen LogP contribution in [-0.2, 0) is 20.9 Å². The number of benzene rings is 2. The maximum atomic E-state index is 12.5. The van der Waals surface area contributed by atoms with E-state index in [1.54, 1.807) is 36.6 Å². The van der Waals surface area contributed by atoms with E-state index in [2.05, 4.69) is 20.3 Å². The van der Waals surface area contributed by atoms with Crippen molar-refractivity contribution in [2.75, 3.05) is 24.8 Å². The van der Waals surface area contributed by atoms with Gasteiger partial charge in [0.05, 0.1) is 25.7 Å². The Hall–Kier alpha value is -4.05. The third kappa shape index (κ3) is 6.04. The van der Waals surface area contributed by atoms with Gasteiger partial charge in [-0.15, -0.1) is 10.2 Å². The van der Waals surface area contributed by atoms with Crippen molar-refractivity contribution in [1.82, 2.24) is 14.8 Å². The summed E-state index contributed by atoms with van der Waals surface area (Å²) in [6, 6.07) is 20.3. The molecule has 0 bridgehead atoms. The van der Waals surface area contributed by atoms with Gasteiger partial charge in [-0.2, -0.15) is 0 Å². The molecule has 4 rings (SSSR count). The van der Waals surface area contributed by atoms with Gasteiger partial charge in [-0.1, -0.05) is 42.1 Å². The Morgan fingerprint density at radius 2 is 1.82 bits per heavy atom. The van der Waals surface area contributed by atoms with Crippen LogP contribution in [-0.4, -0.2) is 46.1 Å². The van der Waals surface area contributed by atoms with Crippen molar-refractivity contribution >= 4 is 29.3 Å². The van der Waals surface area contributed by atoms with Gasteiger partial charge in [0.1, 0.15) is 5.75 Å². The second-order valence-corrected chi connectivity index (χ2v) is 8.02. The molecular weight excluding hydrogens is 456 g/mol. The van der Waals surface area contributed by atoms with Gasteiger partial charge in [0, 0.05) is 5.69 Å². The van der Waals surface area contributed by atoms with Gasteiger partial charge >= 0.3 is 5.97 Å². The summed E-state index contributed by atoms with van der Waals surface area (Å²) in [6.45, 7) is 0.364. The molecule has 0 aliphatic heterocycles. The van der Waals surface area contributed by atoms with E-state index in [0.29, 0.717) is 34.7 Å². The fourth-order valence-electron chi connectivity index (χ4n) is 3.05. The van der Waals surface area contributed by atoms with E-state index < -0.39 is 5.97 Å². The number of carbonyl (C=O) groups is 2. The molecular formula is C24H22N4O5S. The molecule has 0 aliphatic carbocycles. The number of nitrogens with zero attached hydrogens (tertiary/aromatic N) is 3. The number of furan rings is 1. The SMILES string of the molecule is COC(=O)COc1ccc(NC(=O)CSc2nnc(-c3ccco3)n2Cc2ccccc2)cc1. The van der Waals surface area contributed by atoms with E-state index in [-0.39, 0.29) is 18.3 Å². The Bertz CT molecular complexity index is 1220. The van der Waals surface area contributed by atoms with Crippen molar-refractivity contribution in [3.05, 3.63) is 78.6 Å². The van der Waals surface area contributed by atoms with Crippen LogP contribution in [0, 0.1) is 0 Å². The summed E-state index contributed by atoms with van der Waals surface area (Å²) in [6.07, 6.45) is 1.59. The topological polar surface area (TPSA) is 108 Å². The van der Waals surface area contributed by atoms with Crippen LogP contribution in [0.2, 0.25) is 0 Å². The van der Waals surface area contributed by atoms with Crippen LogP contribution in [0.3, 0.4) is 0 Å². The van der Waals surface area contributed by atoms with E-state index in [0.717, 1.165) is 5.56 Å². The highest BCUT2D eigenvalue weighted by molar-refractivity contribution is 7.99. The standard InChI is InChI=1S/C24H22N4O5S/c1-31-22(30)15-33-19-11-9-18(10-12-19)25-21(29)16-34-24-27-26-23(20-8-5-13-32-20)28(24)14-17-6-3-2-4-7-17/h2-13H,14-16H2,1H3,(H,25,29). The number of rotatable bonds is 10. The van der Waals surface area contributed by atoms with Crippen molar-refractivity contribution in [2.24, 2.45) is 0 Å². The van der Waals surface area contributed by atoms with E-state index >= 15 is 0 Å². The molecule has 10 heteroatoms. The fourth-order valence-corrected chi connectivity index (χ4v) is 3.79. The molecule has 2 aromatic heterocycles. The maximum absolute atomic E-state index is 12.5. The summed E-state index contributed by atoms with van der Waals surface area (Å²) in [4.78, 5) is 23.7. The third-order valence-electron chi connectivity index (χ3n) is 4.70. The summed E-state index contributed by atoms with van der Waals surface area (Å²) in [5, 5.41) is 12.0. The normalized spacial score (nSPS) is 10.6. The molecule has 9 nitrogen and oxygen atoms in total. The minimum Gasteiger partial charge on any atom is -0.482 e. The number of carbonyl (C=O) groups excluding carboxylic acids is 2. The summed E-state index contributed by atoms with van der Waals surface area (Å²) in [5.41, 5.74) is 1.69. The average Bonchev–Trinajstić information content (AvgIpc) is 3.53. The number of ether oxygens (including phenoxy) is 2. The van der Waals surface area contributed by atoms with Crippen LogP contribution < -0.4 is 10.1 Å². The van der Waals surface area contributed by atoms with Crippen molar-refractivity contribution in [2.45, 2.75) is 11.7 Å². The van der Waals surface area contributed by atoms with Crippen LogP contribution in [0.15, 0.2) is 82.6 Å². The molecule has 0 saturated heterocycles. The Labute approximate surface area is 200 Å². The highest BCUT2D eigenvalue weighted by Gasteiger charge is 2.18. The lowest BCUT2D eigenvalue weighted by Gasteiger charge is -2.10. The first-order valence-electron chi connectivity index (χ1n) is 10.4. The highest BCUT2D eigenvalue weighted by Crippen LogP contribution is 2.26. The Morgan fingerprint density at radius 1 is 1.03 bits per heavy atom. The maximum Gasteiger partial charge on any atom is 0.343 e. The van der Waals surface area contributed by atoms with E-state index in [9.17, 15) is 9.59 Å². The quantitative estimate of drug-likeness (QED) is 0.270. The predicted octanol–water partition coefficient (Wildman–Crippen LogP) is 3.87. The molecule has 0 fully saturated rings. The average molecular weight is 479 g/mol. The molecule has 0 unspecified atom stereocenters. The lowest BCUT2D eigenvalue weighted by Crippen LogP contribution is -2.15. The highest BCUT2D eigenvalue weighted by atomic mass is 32.2. The Morgan fingerprint density at radius 3 is 2.53 bits per heavy atom. The number of esters is 1. The van der Waals surface area contributed by atoms with Gasteiger partial charge in [0.25, 0.3) is 0 Å². The molecule has 0 spiro atoms.